The molecule has 1 amide bonds. The number of carbonyl (C=O) groups is 1. The highest BCUT2D eigenvalue weighted by atomic mass is 16.2. The van der Waals surface area contributed by atoms with Crippen LogP contribution in [0.1, 0.15) is 37.3 Å². The van der Waals surface area contributed by atoms with Crippen LogP contribution in [0.25, 0.3) is 11.0 Å². The van der Waals surface area contributed by atoms with Gasteiger partial charge in [0.2, 0.25) is 5.91 Å². The zero-order chi connectivity index (χ0) is 20.4. The molecule has 7 nitrogen and oxygen atoms in total. The molecule has 3 rings (SSSR count). The van der Waals surface area contributed by atoms with E-state index in [0.717, 1.165) is 15.7 Å². The quantitative estimate of drug-likeness (QED) is 0.736. The number of carbonyl (C=O) groups excluding carboxylic acids is 1. The number of fused-ring (bicyclic) bond motifs is 1. The maximum absolute atomic E-state index is 12.8. The molecule has 0 spiro atoms. The van der Waals surface area contributed by atoms with Crippen molar-refractivity contribution in [3.63, 3.8) is 0 Å². The van der Waals surface area contributed by atoms with Gasteiger partial charge >= 0.3 is 5.69 Å². The Morgan fingerprint density at radius 3 is 2.43 bits per heavy atom. The van der Waals surface area contributed by atoms with Crippen LogP contribution >= 0.6 is 0 Å². The SMILES string of the molecule is CC(C)c1cnc2c(c1NC(=O)CCc1ccccc1)c(=O)n(C)c(=O)n2C. The molecule has 0 aliphatic carbocycles. The van der Waals surface area contributed by atoms with E-state index in [1.54, 1.807) is 13.2 Å². The fourth-order valence-electron chi connectivity index (χ4n) is 3.22. The number of nitrogens with zero attached hydrogens (tertiary/aromatic N) is 3. The number of benzene rings is 1. The van der Waals surface area contributed by atoms with Crippen LogP contribution in [0.4, 0.5) is 5.69 Å². The molecule has 28 heavy (non-hydrogen) atoms. The summed E-state index contributed by atoms with van der Waals surface area (Å²) in [4.78, 5) is 42.0. The summed E-state index contributed by atoms with van der Waals surface area (Å²) in [7, 11) is 2.99. The van der Waals surface area contributed by atoms with Crippen molar-refractivity contribution in [3.8, 4) is 0 Å². The maximum atomic E-state index is 12.8. The zero-order valence-corrected chi connectivity index (χ0v) is 16.5. The van der Waals surface area contributed by atoms with Crippen molar-refractivity contribution < 1.29 is 4.79 Å². The smallest absolute Gasteiger partial charge is 0.325 e. The number of pyridine rings is 1. The predicted molar refractivity (Wildman–Crippen MR) is 110 cm³/mol. The second kappa shape index (κ2) is 7.80. The molecule has 0 bridgehead atoms. The molecule has 2 aromatic heterocycles. The van der Waals surface area contributed by atoms with Crippen LogP contribution in [-0.4, -0.2) is 20.0 Å². The van der Waals surface area contributed by atoms with E-state index in [1.807, 2.05) is 44.2 Å². The summed E-state index contributed by atoms with van der Waals surface area (Å²) in [6.45, 7) is 3.93. The van der Waals surface area contributed by atoms with Gasteiger partial charge in [0, 0.05) is 26.7 Å². The highest BCUT2D eigenvalue weighted by Gasteiger charge is 2.20. The van der Waals surface area contributed by atoms with Gasteiger partial charge in [-0.25, -0.2) is 9.78 Å². The van der Waals surface area contributed by atoms with Gasteiger partial charge in [-0.15, -0.1) is 0 Å². The molecule has 2 heterocycles. The summed E-state index contributed by atoms with van der Waals surface area (Å²) in [5, 5.41) is 3.17. The molecule has 0 saturated carbocycles. The van der Waals surface area contributed by atoms with Gasteiger partial charge in [-0.1, -0.05) is 44.2 Å². The Morgan fingerprint density at radius 1 is 1.11 bits per heavy atom. The van der Waals surface area contributed by atoms with Crippen LogP contribution < -0.4 is 16.6 Å². The Balaban J connectivity index is 2.05. The number of aryl methyl sites for hydroxylation is 2. The second-order valence-electron chi connectivity index (χ2n) is 7.18. The first-order valence-corrected chi connectivity index (χ1v) is 9.23. The number of amides is 1. The Morgan fingerprint density at radius 2 is 1.79 bits per heavy atom. The molecular formula is C21H24N4O3. The summed E-state index contributed by atoms with van der Waals surface area (Å²) in [6.07, 6.45) is 2.51. The zero-order valence-electron chi connectivity index (χ0n) is 16.5. The molecule has 3 aromatic rings. The van der Waals surface area contributed by atoms with Crippen molar-refractivity contribution in [2.75, 3.05) is 5.32 Å². The number of nitrogens with one attached hydrogen (secondary N) is 1. The third kappa shape index (κ3) is 3.60. The molecule has 0 atom stereocenters. The monoisotopic (exact) mass is 380 g/mol. The molecule has 1 N–H and O–H groups in total. The molecule has 0 unspecified atom stereocenters. The van der Waals surface area contributed by atoms with E-state index >= 15 is 0 Å². The van der Waals surface area contributed by atoms with Crippen molar-refractivity contribution in [2.24, 2.45) is 14.1 Å². The van der Waals surface area contributed by atoms with Gasteiger partial charge in [0.25, 0.3) is 5.56 Å². The van der Waals surface area contributed by atoms with Crippen molar-refractivity contribution in [2.45, 2.75) is 32.6 Å². The summed E-state index contributed by atoms with van der Waals surface area (Å²) in [5.74, 6) is -0.141. The van der Waals surface area contributed by atoms with E-state index in [0.29, 0.717) is 12.1 Å². The predicted octanol–water partition coefficient (Wildman–Crippen LogP) is 2.33. The van der Waals surface area contributed by atoms with Gasteiger partial charge in [-0.3, -0.25) is 18.7 Å². The largest absolute Gasteiger partial charge is 0.332 e. The van der Waals surface area contributed by atoms with Crippen LogP contribution in [0.5, 0.6) is 0 Å². The van der Waals surface area contributed by atoms with E-state index in [9.17, 15) is 14.4 Å². The number of rotatable bonds is 5. The minimum Gasteiger partial charge on any atom is -0.325 e. The van der Waals surface area contributed by atoms with E-state index in [2.05, 4.69) is 10.3 Å². The molecular weight excluding hydrogens is 356 g/mol. The standard InChI is InChI=1S/C21H24N4O3/c1-13(2)15-12-22-19-17(20(27)25(4)21(28)24(19)3)18(15)23-16(26)11-10-14-8-6-5-7-9-14/h5-9,12-13H,10-11H2,1-4H3,(H,22,23,26). The fourth-order valence-corrected chi connectivity index (χ4v) is 3.22. The minimum atomic E-state index is -0.466. The molecule has 1 aromatic carbocycles. The summed E-state index contributed by atoms with van der Waals surface area (Å²) in [5.41, 5.74) is 1.61. The summed E-state index contributed by atoms with van der Waals surface area (Å²) < 4.78 is 2.36. The van der Waals surface area contributed by atoms with Crippen molar-refractivity contribution in [1.82, 2.24) is 14.1 Å². The van der Waals surface area contributed by atoms with Crippen LogP contribution in [0, 0.1) is 0 Å². The van der Waals surface area contributed by atoms with Crippen LogP contribution in [-0.2, 0) is 25.3 Å². The highest BCUT2D eigenvalue weighted by molar-refractivity contribution is 6.01. The highest BCUT2D eigenvalue weighted by Crippen LogP contribution is 2.28. The third-order valence-electron chi connectivity index (χ3n) is 4.87. The average Bonchev–Trinajstić information content (AvgIpc) is 2.69. The van der Waals surface area contributed by atoms with Crippen molar-refractivity contribution >= 4 is 22.6 Å². The Bertz CT molecular complexity index is 1140. The topological polar surface area (TPSA) is 86.0 Å². The van der Waals surface area contributed by atoms with Crippen LogP contribution in [0.2, 0.25) is 0 Å². The minimum absolute atomic E-state index is 0.0447. The lowest BCUT2D eigenvalue weighted by molar-refractivity contribution is -0.116. The Labute approximate surface area is 162 Å². The molecule has 0 aliphatic rings. The second-order valence-corrected chi connectivity index (χ2v) is 7.18. The number of anilines is 1. The average molecular weight is 380 g/mol. The first kappa shape index (κ1) is 19.5. The number of hydrogen-bond acceptors (Lipinski definition) is 4. The molecule has 7 heteroatoms. The van der Waals surface area contributed by atoms with E-state index < -0.39 is 11.2 Å². The van der Waals surface area contributed by atoms with Crippen LogP contribution in [0.15, 0.2) is 46.1 Å². The van der Waals surface area contributed by atoms with Crippen LogP contribution in [0.3, 0.4) is 0 Å². The molecule has 0 fully saturated rings. The normalized spacial score (nSPS) is 11.2. The summed E-state index contributed by atoms with van der Waals surface area (Å²) >= 11 is 0. The molecule has 146 valence electrons. The van der Waals surface area contributed by atoms with Gasteiger partial charge in [-0.05, 0) is 23.5 Å². The van der Waals surface area contributed by atoms with Gasteiger partial charge in [0.15, 0.2) is 5.65 Å². The lowest BCUT2D eigenvalue weighted by atomic mass is 10.0. The summed E-state index contributed by atoms with van der Waals surface area (Å²) in [6, 6.07) is 9.75. The van der Waals surface area contributed by atoms with Gasteiger partial charge in [0.05, 0.1) is 5.69 Å². The number of aromatic nitrogens is 3. The van der Waals surface area contributed by atoms with Crippen molar-refractivity contribution in [1.29, 1.82) is 0 Å². The van der Waals surface area contributed by atoms with E-state index in [-0.39, 0.29) is 29.3 Å². The van der Waals surface area contributed by atoms with Crippen molar-refractivity contribution in [3.05, 3.63) is 68.5 Å². The molecule has 0 aliphatic heterocycles. The first-order chi connectivity index (χ1) is 13.3. The Kier molecular flexibility index (Phi) is 5.44. The number of hydrogen-bond donors (Lipinski definition) is 1. The molecule has 0 radical (unpaired) electrons. The maximum Gasteiger partial charge on any atom is 0.332 e. The third-order valence-corrected chi connectivity index (χ3v) is 4.87. The van der Waals surface area contributed by atoms with Gasteiger partial charge in [0.1, 0.15) is 5.39 Å². The first-order valence-electron chi connectivity index (χ1n) is 9.23. The Hall–Kier alpha value is -3.22. The van der Waals surface area contributed by atoms with E-state index in [4.69, 9.17) is 0 Å². The molecule has 0 saturated heterocycles. The lowest BCUT2D eigenvalue weighted by Crippen LogP contribution is -2.38. The fraction of sp³-hybridized carbons (Fsp3) is 0.333. The van der Waals surface area contributed by atoms with Gasteiger partial charge in [-0.2, -0.15) is 0 Å². The van der Waals surface area contributed by atoms with E-state index in [1.165, 1.54) is 11.6 Å². The van der Waals surface area contributed by atoms with Gasteiger partial charge < -0.3 is 5.32 Å². The lowest BCUT2D eigenvalue weighted by Gasteiger charge is -2.17.